The van der Waals surface area contributed by atoms with Gasteiger partial charge in [-0.3, -0.25) is 0 Å². The minimum atomic E-state index is -0.385. The summed E-state index contributed by atoms with van der Waals surface area (Å²) < 4.78 is 18.2. The van der Waals surface area contributed by atoms with Crippen LogP contribution in [0.1, 0.15) is 42.6 Å². The highest BCUT2D eigenvalue weighted by atomic mass is 19.1. The van der Waals surface area contributed by atoms with Gasteiger partial charge in [0.25, 0.3) is 0 Å². The number of carbonyl (C=O) groups excluding carboxylic acids is 1. The van der Waals surface area contributed by atoms with E-state index in [-0.39, 0.29) is 17.9 Å². The summed E-state index contributed by atoms with van der Waals surface area (Å²) in [5.74, 6) is -0.692. The number of carbonyl (C=O) groups is 1. The molecule has 2 nitrogen and oxygen atoms in total. The quantitative estimate of drug-likeness (QED) is 0.732. The molecule has 1 atom stereocenters. The van der Waals surface area contributed by atoms with Crippen LogP contribution >= 0.6 is 0 Å². The summed E-state index contributed by atoms with van der Waals surface area (Å²) in [4.78, 5) is 11.6. The topological polar surface area (TPSA) is 26.3 Å². The average molecular weight is 224 g/mol. The van der Waals surface area contributed by atoms with Gasteiger partial charge in [0.1, 0.15) is 5.82 Å². The molecule has 0 aliphatic rings. The number of rotatable bonds is 4. The minimum Gasteiger partial charge on any atom is -0.459 e. The van der Waals surface area contributed by atoms with Crippen molar-refractivity contribution in [3.8, 4) is 0 Å². The Bertz CT molecular complexity index is 374. The van der Waals surface area contributed by atoms with Gasteiger partial charge in [0.2, 0.25) is 0 Å². The van der Waals surface area contributed by atoms with Crippen LogP contribution in [0, 0.1) is 12.7 Å². The van der Waals surface area contributed by atoms with E-state index >= 15 is 0 Å². The predicted molar refractivity (Wildman–Crippen MR) is 60.9 cm³/mol. The number of hydrogen-bond donors (Lipinski definition) is 0. The Balaban J connectivity index is 2.69. The van der Waals surface area contributed by atoms with Gasteiger partial charge in [-0.25, -0.2) is 9.18 Å². The molecule has 88 valence electrons. The lowest BCUT2D eigenvalue weighted by atomic mass is 10.1. The number of ether oxygens (including phenoxy) is 1. The van der Waals surface area contributed by atoms with Crippen molar-refractivity contribution in [3.63, 3.8) is 0 Å². The minimum absolute atomic E-state index is 0.0946. The van der Waals surface area contributed by atoms with Gasteiger partial charge < -0.3 is 4.74 Å². The molecule has 0 aliphatic carbocycles. The molecule has 0 fully saturated rings. The van der Waals surface area contributed by atoms with Gasteiger partial charge in [-0.05, 0) is 44.0 Å². The van der Waals surface area contributed by atoms with Gasteiger partial charge in [0, 0.05) is 0 Å². The zero-order valence-electron chi connectivity index (χ0n) is 9.92. The number of hydrogen-bond acceptors (Lipinski definition) is 2. The molecular weight excluding hydrogens is 207 g/mol. The summed E-state index contributed by atoms with van der Waals surface area (Å²) in [5, 5.41) is 0. The molecule has 3 heteroatoms. The van der Waals surface area contributed by atoms with Crippen molar-refractivity contribution in [1.82, 2.24) is 0 Å². The van der Waals surface area contributed by atoms with E-state index in [1.807, 2.05) is 13.8 Å². The van der Waals surface area contributed by atoms with Crippen LogP contribution in [0.25, 0.3) is 0 Å². The van der Waals surface area contributed by atoms with Crippen molar-refractivity contribution in [2.24, 2.45) is 0 Å². The van der Waals surface area contributed by atoms with E-state index < -0.39 is 0 Å². The first-order valence-corrected chi connectivity index (χ1v) is 5.51. The third-order valence-corrected chi connectivity index (χ3v) is 2.40. The SMILES string of the molecule is CCCC(C)OC(=O)c1ccc(F)c(C)c1. The van der Waals surface area contributed by atoms with Crippen LogP contribution in [-0.2, 0) is 4.74 Å². The van der Waals surface area contributed by atoms with Crippen molar-refractivity contribution in [2.75, 3.05) is 0 Å². The Kier molecular flexibility index (Phi) is 4.47. The molecular formula is C13H17FO2. The Labute approximate surface area is 95.4 Å². The van der Waals surface area contributed by atoms with Crippen LogP contribution in [0.3, 0.4) is 0 Å². The Hall–Kier alpha value is -1.38. The third kappa shape index (κ3) is 3.33. The first-order chi connectivity index (χ1) is 7.54. The number of benzene rings is 1. The molecule has 0 aliphatic heterocycles. The summed E-state index contributed by atoms with van der Waals surface area (Å²) in [5.41, 5.74) is 0.861. The van der Waals surface area contributed by atoms with Crippen LogP contribution in [-0.4, -0.2) is 12.1 Å². The highest BCUT2D eigenvalue weighted by Crippen LogP contribution is 2.12. The van der Waals surface area contributed by atoms with Gasteiger partial charge in [0.05, 0.1) is 11.7 Å². The summed E-state index contributed by atoms with van der Waals surface area (Å²) in [6.07, 6.45) is 1.71. The molecule has 0 saturated carbocycles. The van der Waals surface area contributed by atoms with Gasteiger partial charge in [-0.15, -0.1) is 0 Å². The maximum Gasteiger partial charge on any atom is 0.338 e. The smallest absolute Gasteiger partial charge is 0.338 e. The Morgan fingerprint density at radius 2 is 2.19 bits per heavy atom. The Morgan fingerprint density at radius 3 is 2.75 bits per heavy atom. The lowest BCUT2D eigenvalue weighted by Gasteiger charge is -2.12. The summed E-state index contributed by atoms with van der Waals surface area (Å²) >= 11 is 0. The Morgan fingerprint density at radius 1 is 1.50 bits per heavy atom. The molecule has 0 radical (unpaired) electrons. The van der Waals surface area contributed by atoms with E-state index in [0.29, 0.717) is 11.1 Å². The molecule has 1 unspecified atom stereocenters. The molecule has 1 rings (SSSR count). The molecule has 16 heavy (non-hydrogen) atoms. The number of halogens is 1. The molecule has 0 heterocycles. The summed E-state index contributed by atoms with van der Waals surface area (Å²) in [6.45, 7) is 5.52. The molecule has 0 bridgehead atoms. The normalized spacial score (nSPS) is 12.2. The van der Waals surface area contributed by atoms with Crippen LogP contribution < -0.4 is 0 Å². The van der Waals surface area contributed by atoms with Crippen LogP contribution in [0.2, 0.25) is 0 Å². The monoisotopic (exact) mass is 224 g/mol. The van der Waals surface area contributed by atoms with Crippen molar-refractivity contribution >= 4 is 5.97 Å². The van der Waals surface area contributed by atoms with Crippen LogP contribution in [0.4, 0.5) is 4.39 Å². The molecule has 0 spiro atoms. The molecule has 0 N–H and O–H groups in total. The summed E-state index contributed by atoms with van der Waals surface area (Å²) in [7, 11) is 0. The van der Waals surface area contributed by atoms with Crippen molar-refractivity contribution < 1.29 is 13.9 Å². The highest BCUT2D eigenvalue weighted by molar-refractivity contribution is 5.89. The fraction of sp³-hybridized carbons (Fsp3) is 0.462. The number of esters is 1. The predicted octanol–water partition coefficient (Wildman–Crippen LogP) is 3.48. The molecule has 1 aromatic rings. The molecule has 0 saturated heterocycles. The van der Waals surface area contributed by atoms with Gasteiger partial charge >= 0.3 is 5.97 Å². The molecule has 0 aromatic heterocycles. The fourth-order valence-electron chi connectivity index (χ4n) is 1.49. The van der Waals surface area contributed by atoms with Crippen molar-refractivity contribution in [2.45, 2.75) is 39.7 Å². The highest BCUT2D eigenvalue weighted by Gasteiger charge is 2.12. The van der Waals surface area contributed by atoms with Crippen LogP contribution in [0.5, 0.6) is 0 Å². The maximum absolute atomic E-state index is 13.0. The fourth-order valence-corrected chi connectivity index (χ4v) is 1.49. The second-order valence-corrected chi connectivity index (χ2v) is 3.97. The van der Waals surface area contributed by atoms with Gasteiger partial charge in [0.15, 0.2) is 0 Å². The first-order valence-electron chi connectivity index (χ1n) is 5.51. The van der Waals surface area contributed by atoms with E-state index in [9.17, 15) is 9.18 Å². The zero-order valence-corrected chi connectivity index (χ0v) is 9.92. The standard InChI is InChI=1S/C13H17FO2/c1-4-5-10(3)16-13(15)11-6-7-12(14)9(2)8-11/h6-8,10H,4-5H2,1-3H3. The van der Waals surface area contributed by atoms with Crippen LogP contribution in [0.15, 0.2) is 18.2 Å². The van der Waals surface area contributed by atoms with E-state index in [2.05, 4.69) is 0 Å². The van der Waals surface area contributed by atoms with Crippen molar-refractivity contribution in [3.05, 3.63) is 35.1 Å². The van der Waals surface area contributed by atoms with Crippen molar-refractivity contribution in [1.29, 1.82) is 0 Å². The average Bonchev–Trinajstić information content (AvgIpc) is 2.22. The van der Waals surface area contributed by atoms with E-state index in [4.69, 9.17) is 4.74 Å². The molecule has 0 amide bonds. The van der Waals surface area contributed by atoms with E-state index in [1.165, 1.54) is 18.2 Å². The zero-order chi connectivity index (χ0) is 12.1. The second-order valence-electron chi connectivity index (χ2n) is 3.97. The first kappa shape index (κ1) is 12.7. The van der Waals surface area contributed by atoms with E-state index in [1.54, 1.807) is 6.92 Å². The van der Waals surface area contributed by atoms with Gasteiger partial charge in [-0.1, -0.05) is 13.3 Å². The largest absolute Gasteiger partial charge is 0.459 e. The third-order valence-electron chi connectivity index (χ3n) is 2.40. The summed E-state index contributed by atoms with van der Waals surface area (Å²) in [6, 6.07) is 4.25. The lowest BCUT2D eigenvalue weighted by Crippen LogP contribution is -2.14. The maximum atomic E-state index is 13.0. The number of aryl methyl sites for hydroxylation is 1. The second kappa shape index (κ2) is 5.64. The van der Waals surface area contributed by atoms with Gasteiger partial charge in [-0.2, -0.15) is 0 Å². The van der Waals surface area contributed by atoms with E-state index in [0.717, 1.165) is 12.8 Å². The molecule has 1 aromatic carbocycles. The lowest BCUT2D eigenvalue weighted by molar-refractivity contribution is 0.0323.